The van der Waals surface area contributed by atoms with Crippen molar-refractivity contribution in [3.8, 4) is 16.9 Å². The van der Waals surface area contributed by atoms with Gasteiger partial charge in [0.2, 0.25) is 0 Å². The molecule has 0 spiro atoms. The molecule has 24 heavy (non-hydrogen) atoms. The van der Waals surface area contributed by atoms with E-state index in [-0.39, 0.29) is 23.7 Å². The van der Waals surface area contributed by atoms with Crippen LogP contribution in [-0.4, -0.2) is 17.0 Å². The molecule has 4 atom stereocenters. The molecule has 0 aliphatic heterocycles. The van der Waals surface area contributed by atoms with Gasteiger partial charge in [-0.3, -0.25) is 9.59 Å². The van der Waals surface area contributed by atoms with Gasteiger partial charge in [-0.25, -0.2) is 0 Å². The van der Waals surface area contributed by atoms with Crippen molar-refractivity contribution in [2.24, 2.45) is 23.7 Å². The van der Waals surface area contributed by atoms with Crippen molar-refractivity contribution >= 4 is 11.9 Å². The molecule has 1 aliphatic carbocycles. The highest BCUT2D eigenvalue weighted by molar-refractivity contribution is 5.82. The van der Waals surface area contributed by atoms with Gasteiger partial charge in [0.15, 0.2) is 0 Å². The van der Waals surface area contributed by atoms with Crippen molar-refractivity contribution in [2.45, 2.75) is 13.8 Å². The first-order valence-electron chi connectivity index (χ1n) is 8.09. The Balaban J connectivity index is 1.73. The Labute approximate surface area is 141 Å². The van der Waals surface area contributed by atoms with Crippen LogP contribution in [0.5, 0.6) is 5.75 Å². The quantitative estimate of drug-likeness (QED) is 0.685. The van der Waals surface area contributed by atoms with Crippen LogP contribution in [0.25, 0.3) is 11.1 Å². The summed E-state index contributed by atoms with van der Waals surface area (Å²) in [6, 6.07) is 17.2. The fourth-order valence-electron chi connectivity index (χ4n) is 3.69. The monoisotopic (exact) mass is 324 g/mol. The number of carboxylic acids is 1. The largest absolute Gasteiger partial charge is 0.481 e. The lowest BCUT2D eigenvalue weighted by molar-refractivity contribution is -0.167. The molecule has 1 fully saturated rings. The second kappa shape index (κ2) is 6.48. The molecule has 0 amide bonds. The average molecular weight is 324 g/mol. The van der Waals surface area contributed by atoms with Crippen LogP contribution < -0.4 is 4.74 Å². The Bertz CT molecular complexity index is 743. The van der Waals surface area contributed by atoms with E-state index in [4.69, 9.17) is 4.74 Å². The van der Waals surface area contributed by atoms with Crippen LogP contribution in [0.15, 0.2) is 54.6 Å². The van der Waals surface area contributed by atoms with Crippen LogP contribution in [0.4, 0.5) is 0 Å². The van der Waals surface area contributed by atoms with Gasteiger partial charge < -0.3 is 9.84 Å². The average Bonchev–Trinajstić information content (AvgIpc) is 2.55. The number of carbonyl (C=O) groups excluding carboxylic acids is 1. The Morgan fingerprint density at radius 2 is 1.50 bits per heavy atom. The number of rotatable bonds is 4. The van der Waals surface area contributed by atoms with E-state index in [0.29, 0.717) is 5.75 Å². The molecule has 1 N–H and O–H groups in total. The summed E-state index contributed by atoms with van der Waals surface area (Å²) in [6.07, 6.45) is 0. The zero-order chi connectivity index (χ0) is 17.3. The van der Waals surface area contributed by atoms with Gasteiger partial charge in [-0.15, -0.1) is 0 Å². The summed E-state index contributed by atoms with van der Waals surface area (Å²) in [5.41, 5.74) is 2.02. The van der Waals surface area contributed by atoms with E-state index < -0.39 is 11.9 Å². The molecule has 0 bridgehead atoms. The van der Waals surface area contributed by atoms with Gasteiger partial charge >= 0.3 is 11.9 Å². The van der Waals surface area contributed by atoms with Gasteiger partial charge in [0.25, 0.3) is 0 Å². The standard InChI is InChI=1S/C20H20O4/c1-12-17(19(21)22)13(2)18(12)20(23)24-16-10-6-9-15(11-16)14-7-4-3-5-8-14/h3-13,17-18H,1-2H3,(H,21,22)/t12-,13+,17?,18?. The highest BCUT2D eigenvalue weighted by Crippen LogP contribution is 2.46. The molecule has 1 aliphatic rings. The third-order valence-electron chi connectivity index (χ3n) is 4.98. The molecule has 124 valence electrons. The van der Waals surface area contributed by atoms with Crippen molar-refractivity contribution in [3.05, 3.63) is 54.6 Å². The zero-order valence-corrected chi connectivity index (χ0v) is 13.7. The molecule has 0 heterocycles. The second-order valence-electron chi connectivity index (χ2n) is 6.42. The van der Waals surface area contributed by atoms with Gasteiger partial charge in [-0.2, -0.15) is 0 Å². The summed E-state index contributed by atoms with van der Waals surface area (Å²) in [5, 5.41) is 9.17. The lowest BCUT2D eigenvalue weighted by atomic mass is 9.58. The van der Waals surface area contributed by atoms with Crippen LogP contribution >= 0.6 is 0 Å². The number of aliphatic carboxylic acids is 1. The molecule has 0 aromatic heterocycles. The van der Waals surface area contributed by atoms with Crippen LogP contribution in [-0.2, 0) is 9.59 Å². The number of hydrogen-bond donors (Lipinski definition) is 1. The third-order valence-corrected chi connectivity index (χ3v) is 4.98. The highest BCUT2D eigenvalue weighted by Gasteiger charge is 2.53. The Kier molecular flexibility index (Phi) is 4.38. The van der Waals surface area contributed by atoms with Gasteiger partial charge in [0, 0.05) is 0 Å². The fraction of sp³-hybridized carbons (Fsp3) is 0.300. The summed E-state index contributed by atoms with van der Waals surface area (Å²) in [4.78, 5) is 23.6. The highest BCUT2D eigenvalue weighted by atomic mass is 16.5. The molecular weight excluding hydrogens is 304 g/mol. The van der Waals surface area contributed by atoms with E-state index in [1.165, 1.54) is 0 Å². The van der Waals surface area contributed by atoms with Crippen LogP contribution in [0, 0.1) is 23.7 Å². The smallest absolute Gasteiger partial charge is 0.314 e. The lowest BCUT2D eigenvalue weighted by Gasteiger charge is -2.44. The van der Waals surface area contributed by atoms with Gasteiger partial charge in [0.1, 0.15) is 5.75 Å². The maximum Gasteiger partial charge on any atom is 0.314 e. The molecule has 0 saturated heterocycles. The van der Waals surface area contributed by atoms with E-state index >= 15 is 0 Å². The molecular formula is C20H20O4. The van der Waals surface area contributed by atoms with E-state index in [1.807, 2.05) is 48.5 Å². The van der Waals surface area contributed by atoms with E-state index in [9.17, 15) is 14.7 Å². The maximum atomic E-state index is 12.4. The predicted octanol–water partition coefficient (Wildman–Crippen LogP) is 3.86. The lowest BCUT2D eigenvalue weighted by Crippen LogP contribution is -2.52. The Morgan fingerprint density at radius 3 is 2.12 bits per heavy atom. The summed E-state index contributed by atoms with van der Waals surface area (Å²) in [7, 11) is 0. The van der Waals surface area contributed by atoms with E-state index in [1.54, 1.807) is 19.9 Å². The summed E-state index contributed by atoms with van der Waals surface area (Å²) in [6.45, 7) is 3.59. The molecule has 3 rings (SSSR count). The minimum absolute atomic E-state index is 0.206. The van der Waals surface area contributed by atoms with Crippen molar-refractivity contribution in [3.63, 3.8) is 0 Å². The van der Waals surface area contributed by atoms with Gasteiger partial charge in [-0.05, 0) is 35.1 Å². The molecule has 4 nitrogen and oxygen atoms in total. The predicted molar refractivity (Wildman–Crippen MR) is 90.5 cm³/mol. The number of esters is 1. The van der Waals surface area contributed by atoms with Crippen molar-refractivity contribution < 1.29 is 19.4 Å². The van der Waals surface area contributed by atoms with Crippen molar-refractivity contribution in [1.29, 1.82) is 0 Å². The normalized spacial score (nSPS) is 25.6. The fourth-order valence-corrected chi connectivity index (χ4v) is 3.69. The third kappa shape index (κ3) is 2.92. The van der Waals surface area contributed by atoms with Crippen molar-refractivity contribution in [1.82, 2.24) is 0 Å². The topological polar surface area (TPSA) is 63.6 Å². The molecule has 2 aromatic rings. The first kappa shape index (κ1) is 16.2. The second-order valence-corrected chi connectivity index (χ2v) is 6.42. The van der Waals surface area contributed by atoms with Gasteiger partial charge in [-0.1, -0.05) is 56.3 Å². The molecule has 4 heteroatoms. The van der Waals surface area contributed by atoms with E-state index in [0.717, 1.165) is 11.1 Å². The minimum Gasteiger partial charge on any atom is -0.481 e. The van der Waals surface area contributed by atoms with E-state index in [2.05, 4.69) is 0 Å². The number of ether oxygens (including phenoxy) is 1. The summed E-state index contributed by atoms with van der Waals surface area (Å²) in [5.74, 6) is -1.96. The number of carbonyl (C=O) groups is 2. The summed E-state index contributed by atoms with van der Waals surface area (Å²) >= 11 is 0. The molecule has 1 saturated carbocycles. The summed E-state index contributed by atoms with van der Waals surface area (Å²) < 4.78 is 5.52. The SMILES string of the molecule is C[C@@H]1C(C(=O)O)[C@H](C)C1C(=O)Oc1cccc(-c2ccccc2)c1. The number of benzene rings is 2. The number of carboxylic acid groups (broad SMARTS) is 1. The minimum atomic E-state index is -0.842. The zero-order valence-electron chi connectivity index (χ0n) is 13.7. The number of hydrogen-bond acceptors (Lipinski definition) is 3. The van der Waals surface area contributed by atoms with Gasteiger partial charge in [0.05, 0.1) is 11.8 Å². The molecule has 2 unspecified atom stereocenters. The first-order chi connectivity index (χ1) is 11.5. The molecule has 2 aromatic carbocycles. The van der Waals surface area contributed by atoms with Crippen LogP contribution in [0.2, 0.25) is 0 Å². The van der Waals surface area contributed by atoms with Crippen LogP contribution in [0.1, 0.15) is 13.8 Å². The van der Waals surface area contributed by atoms with Crippen molar-refractivity contribution in [2.75, 3.05) is 0 Å². The molecule has 0 radical (unpaired) electrons. The Morgan fingerprint density at radius 1 is 0.875 bits per heavy atom. The maximum absolute atomic E-state index is 12.4. The van der Waals surface area contributed by atoms with Crippen LogP contribution in [0.3, 0.4) is 0 Å². The first-order valence-corrected chi connectivity index (χ1v) is 8.09. The Hall–Kier alpha value is -2.62.